The van der Waals surface area contributed by atoms with Crippen molar-refractivity contribution in [2.75, 3.05) is 13.2 Å². The van der Waals surface area contributed by atoms with E-state index in [9.17, 15) is 24.6 Å². The van der Waals surface area contributed by atoms with Crippen molar-refractivity contribution < 1.29 is 48.4 Å². The minimum absolute atomic E-state index is 0.0168. The van der Waals surface area contributed by atoms with Crippen molar-refractivity contribution in [1.29, 1.82) is 0 Å². The van der Waals surface area contributed by atoms with E-state index in [4.69, 9.17) is 23.8 Å². The molecule has 9 rings (SSSR count). The number of aliphatic hydroxyl groups excluding tert-OH is 2. The number of hydrogen-bond acceptors (Lipinski definition) is 11. The number of carbonyl (C=O) groups excluding carboxylic acids is 3. The molecule has 56 heavy (non-hydrogen) atoms. The first-order valence-corrected chi connectivity index (χ1v) is 19.6. The lowest BCUT2D eigenvalue weighted by atomic mass is 9.62. The topological polar surface area (TPSA) is 168 Å². The highest BCUT2D eigenvalue weighted by Gasteiger charge is 2.76. The van der Waals surface area contributed by atoms with E-state index in [0.29, 0.717) is 29.3 Å². The fourth-order valence-corrected chi connectivity index (χ4v) is 9.43. The second-order valence-corrected chi connectivity index (χ2v) is 15.8. The van der Waals surface area contributed by atoms with Gasteiger partial charge in [0.15, 0.2) is 6.04 Å². The molecule has 2 amide bonds. The number of benzene rings is 3. The molecule has 3 aromatic rings. The molecular formula is C43H47N3O10. The maximum Gasteiger partial charge on any atom is 0.327 e. The van der Waals surface area contributed by atoms with Crippen LogP contribution in [0, 0.1) is 11.3 Å². The summed E-state index contributed by atoms with van der Waals surface area (Å²) in [6.45, 7) is 1.14. The molecule has 2 saturated carbocycles. The lowest BCUT2D eigenvalue weighted by Crippen LogP contribution is -2.71. The van der Waals surface area contributed by atoms with Crippen LogP contribution in [0.25, 0.3) is 6.08 Å². The van der Waals surface area contributed by atoms with Crippen LogP contribution in [0.4, 0.5) is 0 Å². The Morgan fingerprint density at radius 3 is 2.29 bits per heavy atom. The SMILES string of the molecule is CC(O)C(NC(=O)C12CC3OC(=O)C1N(Cc1ccc(C=CC4CCC5OC5C4)cc1)OC2C1OC(c2ccccc2)(c2ccccc2)OC31)C(=O)NCCO. The van der Waals surface area contributed by atoms with E-state index >= 15 is 0 Å². The lowest BCUT2D eigenvalue weighted by molar-refractivity contribution is -0.213. The molecule has 2 bridgehead atoms. The van der Waals surface area contributed by atoms with Crippen LogP contribution < -0.4 is 10.6 Å². The molecule has 3 aromatic carbocycles. The summed E-state index contributed by atoms with van der Waals surface area (Å²) in [5.41, 5.74) is 1.70. The number of aliphatic hydroxyl groups is 2. The van der Waals surface area contributed by atoms with Gasteiger partial charge in [0.2, 0.25) is 17.6 Å². The van der Waals surface area contributed by atoms with Gasteiger partial charge in [-0.1, -0.05) is 97.1 Å². The monoisotopic (exact) mass is 765 g/mol. The smallest absolute Gasteiger partial charge is 0.327 e. The third-order valence-corrected chi connectivity index (χ3v) is 12.3. The Bertz CT molecular complexity index is 1920. The second-order valence-electron chi connectivity index (χ2n) is 15.8. The van der Waals surface area contributed by atoms with Crippen molar-refractivity contribution in [1.82, 2.24) is 15.7 Å². The zero-order chi connectivity index (χ0) is 38.6. The highest BCUT2D eigenvalue weighted by molar-refractivity contribution is 5.96. The van der Waals surface area contributed by atoms with Gasteiger partial charge in [-0.3, -0.25) is 19.2 Å². The Morgan fingerprint density at radius 1 is 0.929 bits per heavy atom. The molecule has 11 atom stereocenters. The van der Waals surface area contributed by atoms with Crippen molar-refractivity contribution in [2.45, 2.75) is 99.8 Å². The molecule has 0 radical (unpaired) electrons. The fraction of sp³-hybridized carbons (Fsp3) is 0.465. The summed E-state index contributed by atoms with van der Waals surface area (Å²) in [7, 11) is 0. The van der Waals surface area contributed by atoms with Gasteiger partial charge in [-0.25, -0.2) is 0 Å². The third-order valence-electron chi connectivity index (χ3n) is 12.3. The zero-order valence-electron chi connectivity index (χ0n) is 31.1. The average Bonchev–Trinajstić information content (AvgIpc) is 3.74. The molecule has 4 aliphatic heterocycles. The number of esters is 1. The van der Waals surface area contributed by atoms with Crippen LogP contribution in [0.2, 0.25) is 0 Å². The summed E-state index contributed by atoms with van der Waals surface area (Å²) in [4.78, 5) is 49.1. The Hall–Kier alpha value is -4.47. The number of epoxide rings is 1. The van der Waals surface area contributed by atoms with Crippen molar-refractivity contribution >= 4 is 23.9 Å². The number of fused-ring (bicyclic) bond motifs is 5. The third kappa shape index (κ3) is 6.45. The largest absolute Gasteiger partial charge is 0.458 e. The first-order valence-electron chi connectivity index (χ1n) is 19.6. The normalized spacial score (nSPS) is 33.5. The van der Waals surface area contributed by atoms with Gasteiger partial charge < -0.3 is 39.8 Å². The van der Waals surface area contributed by atoms with Gasteiger partial charge in [0.1, 0.15) is 35.9 Å². The van der Waals surface area contributed by atoms with Gasteiger partial charge in [-0.05, 0) is 43.2 Å². The minimum atomic E-state index is -1.61. The van der Waals surface area contributed by atoms with Crippen molar-refractivity contribution in [3.63, 3.8) is 0 Å². The molecular weight excluding hydrogens is 718 g/mol. The van der Waals surface area contributed by atoms with Crippen LogP contribution in [0.1, 0.15) is 54.9 Å². The molecule has 0 aromatic heterocycles. The van der Waals surface area contributed by atoms with E-state index in [1.807, 2.05) is 84.9 Å². The number of ether oxygens (including phenoxy) is 4. The average molecular weight is 766 g/mol. The van der Waals surface area contributed by atoms with Crippen LogP contribution in [-0.2, 0) is 50.5 Å². The van der Waals surface area contributed by atoms with E-state index in [2.05, 4.69) is 22.8 Å². The molecule has 2 aliphatic carbocycles. The minimum Gasteiger partial charge on any atom is -0.458 e. The van der Waals surface area contributed by atoms with E-state index in [1.165, 1.54) is 12.0 Å². The van der Waals surface area contributed by atoms with Crippen LogP contribution in [0.15, 0.2) is 91.0 Å². The quantitative estimate of drug-likeness (QED) is 0.158. The van der Waals surface area contributed by atoms with Crippen LogP contribution >= 0.6 is 0 Å². The predicted octanol–water partition coefficient (Wildman–Crippen LogP) is 2.73. The summed E-state index contributed by atoms with van der Waals surface area (Å²) in [6, 6.07) is 24.3. The van der Waals surface area contributed by atoms with Gasteiger partial charge in [0, 0.05) is 24.1 Å². The van der Waals surface area contributed by atoms with E-state index in [1.54, 1.807) is 0 Å². The zero-order valence-corrected chi connectivity index (χ0v) is 31.1. The molecule has 6 aliphatic rings. The van der Waals surface area contributed by atoms with E-state index in [0.717, 1.165) is 30.4 Å². The summed E-state index contributed by atoms with van der Waals surface area (Å²) in [5, 5.41) is 26.8. The van der Waals surface area contributed by atoms with Gasteiger partial charge in [0.25, 0.3) is 0 Å². The Labute approximate surface area is 324 Å². The highest BCUT2D eigenvalue weighted by Crippen LogP contribution is 2.59. The molecule has 13 heteroatoms. The summed E-state index contributed by atoms with van der Waals surface area (Å²) in [6.07, 6.45) is 3.57. The molecule has 4 N–H and O–H groups in total. The van der Waals surface area contributed by atoms with E-state index < -0.39 is 71.6 Å². The fourth-order valence-electron chi connectivity index (χ4n) is 9.43. The number of nitrogens with one attached hydrogen (secondary N) is 2. The number of hydrogen-bond donors (Lipinski definition) is 4. The number of nitrogens with zero attached hydrogens (tertiary/aromatic N) is 1. The lowest BCUT2D eigenvalue weighted by Gasteiger charge is -2.49. The summed E-state index contributed by atoms with van der Waals surface area (Å²) >= 11 is 0. The predicted molar refractivity (Wildman–Crippen MR) is 200 cm³/mol. The number of amides is 2. The number of rotatable bonds is 12. The van der Waals surface area contributed by atoms with Crippen molar-refractivity contribution in [3.8, 4) is 0 Å². The van der Waals surface area contributed by atoms with Gasteiger partial charge in [-0.15, -0.1) is 0 Å². The standard InChI is InChI=1S/C43H47N3O10/c1-25(48)34(39(49)44-20-21-47)45-41(51)42-23-33-35-36(55-43(54-35,29-8-4-2-5-9-29)30-10-6-3-7-11-30)38(42)56-46(37(42)40(50)53-33)24-28-16-13-26(14-17-28)12-15-27-18-19-31-32(22-27)52-31/h2-17,25,27,31-38,47-48H,18-24H2,1H3,(H,44,49)(H,45,51). The van der Waals surface area contributed by atoms with Crippen LogP contribution in [0.5, 0.6) is 0 Å². The first kappa shape index (κ1) is 37.1. The Kier molecular flexibility index (Phi) is 9.81. The van der Waals surface area contributed by atoms with Crippen molar-refractivity contribution in [2.24, 2.45) is 11.3 Å². The molecule has 294 valence electrons. The number of allylic oxidation sites excluding steroid dienone is 1. The number of carbonyl (C=O) groups is 3. The molecule has 13 nitrogen and oxygen atoms in total. The first-order chi connectivity index (χ1) is 27.2. The van der Waals surface area contributed by atoms with Gasteiger partial charge in [0.05, 0.1) is 31.5 Å². The molecule has 11 unspecified atom stereocenters. The molecule has 4 saturated heterocycles. The highest BCUT2D eigenvalue weighted by atomic mass is 16.8. The van der Waals surface area contributed by atoms with E-state index in [-0.39, 0.29) is 26.1 Å². The Balaban J connectivity index is 1.05. The number of hydroxylamine groups is 2. The van der Waals surface area contributed by atoms with Crippen molar-refractivity contribution in [3.05, 3.63) is 113 Å². The second kappa shape index (κ2) is 14.8. The summed E-state index contributed by atoms with van der Waals surface area (Å²) in [5.74, 6) is -2.93. The molecule has 4 heterocycles. The van der Waals surface area contributed by atoms with Crippen LogP contribution in [-0.4, -0.2) is 101 Å². The summed E-state index contributed by atoms with van der Waals surface area (Å²) < 4.78 is 25.8. The molecule has 0 spiro atoms. The Morgan fingerprint density at radius 2 is 1.62 bits per heavy atom. The molecule has 6 fully saturated rings. The van der Waals surface area contributed by atoms with Crippen LogP contribution in [0.3, 0.4) is 0 Å². The maximum absolute atomic E-state index is 14.9. The van der Waals surface area contributed by atoms with Gasteiger partial charge in [-0.2, -0.15) is 5.06 Å². The van der Waals surface area contributed by atoms with Gasteiger partial charge >= 0.3 is 5.97 Å². The maximum atomic E-state index is 14.9.